The normalized spacial score (nSPS) is 18.8. The molecule has 126 valence electrons. The highest BCUT2D eigenvalue weighted by Gasteiger charge is 2.33. The van der Waals surface area contributed by atoms with Crippen molar-refractivity contribution in [2.45, 2.75) is 32.2 Å². The molecule has 0 radical (unpaired) electrons. The Balaban J connectivity index is 1.46. The van der Waals surface area contributed by atoms with Crippen molar-refractivity contribution in [1.29, 1.82) is 0 Å². The molecule has 1 N–H and O–H groups in total. The Morgan fingerprint density at radius 1 is 1.04 bits per heavy atom. The van der Waals surface area contributed by atoms with Crippen LogP contribution in [0.2, 0.25) is 0 Å². The van der Waals surface area contributed by atoms with E-state index in [4.69, 9.17) is 0 Å². The number of likely N-dealkylation sites (tertiary alicyclic amines) is 1. The Labute approximate surface area is 142 Å². The van der Waals surface area contributed by atoms with Crippen LogP contribution in [0.1, 0.15) is 24.0 Å². The first kappa shape index (κ1) is 16.7. The summed E-state index contributed by atoms with van der Waals surface area (Å²) >= 11 is 0. The molecule has 4 heteroatoms. The zero-order valence-corrected chi connectivity index (χ0v) is 13.7. The molecule has 2 unspecified atom stereocenters. The molecule has 1 fully saturated rings. The highest BCUT2D eigenvalue weighted by atomic mass is 19.1. The highest BCUT2D eigenvalue weighted by Crippen LogP contribution is 2.24. The topological polar surface area (TPSA) is 32.3 Å². The minimum absolute atomic E-state index is 0.0722. The molecule has 2 atom stereocenters. The smallest absolute Gasteiger partial charge is 0.226 e. The first-order valence-electron chi connectivity index (χ1n) is 8.46. The number of carbonyl (C=O) groups excluding carboxylic acids is 1. The van der Waals surface area contributed by atoms with E-state index in [0.29, 0.717) is 19.6 Å². The molecule has 0 aromatic heterocycles. The molecule has 3 nitrogen and oxygen atoms in total. The van der Waals surface area contributed by atoms with E-state index < -0.39 is 6.30 Å². The van der Waals surface area contributed by atoms with Gasteiger partial charge in [-0.3, -0.25) is 10.1 Å². The van der Waals surface area contributed by atoms with E-state index in [1.807, 2.05) is 65.6 Å². The van der Waals surface area contributed by atoms with Gasteiger partial charge in [0.1, 0.15) is 0 Å². The van der Waals surface area contributed by atoms with Gasteiger partial charge in [0.25, 0.3) is 0 Å². The van der Waals surface area contributed by atoms with Gasteiger partial charge in [0.05, 0.1) is 0 Å². The van der Waals surface area contributed by atoms with E-state index in [9.17, 15) is 9.18 Å². The molecule has 1 saturated heterocycles. The molecule has 0 aliphatic carbocycles. The maximum absolute atomic E-state index is 14.2. The largest absolute Gasteiger partial charge is 0.338 e. The van der Waals surface area contributed by atoms with Gasteiger partial charge in [0, 0.05) is 32.0 Å². The van der Waals surface area contributed by atoms with Gasteiger partial charge in [0.2, 0.25) is 5.91 Å². The third kappa shape index (κ3) is 4.42. The Morgan fingerprint density at radius 3 is 2.33 bits per heavy atom. The predicted molar refractivity (Wildman–Crippen MR) is 92.8 cm³/mol. The average Bonchev–Trinajstić information content (AvgIpc) is 2.95. The maximum atomic E-state index is 14.2. The van der Waals surface area contributed by atoms with Crippen LogP contribution in [-0.2, 0) is 17.9 Å². The highest BCUT2D eigenvalue weighted by molar-refractivity contribution is 5.80. The van der Waals surface area contributed by atoms with Gasteiger partial charge in [-0.05, 0) is 17.5 Å². The maximum Gasteiger partial charge on any atom is 0.226 e. The van der Waals surface area contributed by atoms with Crippen molar-refractivity contribution in [1.82, 2.24) is 10.2 Å². The van der Waals surface area contributed by atoms with Crippen LogP contribution < -0.4 is 5.32 Å². The fourth-order valence-corrected chi connectivity index (χ4v) is 3.14. The third-order valence-electron chi connectivity index (χ3n) is 4.49. The first-order chi connectivity index (χ1) is 11.7. The molecular weight excluding hydrogens is 303 g/mol. The molecular formula is C20H23FN2O. The first-order valence-corrected chi connectivity index (χ1v) is 8.46. The van der Waals surface area contributed by atoms with Crippen LogP contribution in [0.4, 0.5) is 4.39 Å². The summed E-state index contributed by atoms with van der Waals surface area (Å²) in [5, 5.41) is 2.87. The molecule has 2 aromatic rings. The number of alkyl halides is 1. The molecule has 0 bridgehead atoms. The molecule has 1 aliphatic heterocycles. The zero-order chi connectivity index (χ0) is 16.8. The van der Waals surface area contributed by atoms with Gasteiger partial charge in [-0.25, -0.2) is 4.39 Å². The van der Waals surface area contributed by atoms with Crippen molar-refractivity contribution in [3.8, 4) is 0 Å². The summed E-state index contributed by atoms with van der Waals surface area (Å²) in [5.74, 6) is -0.144. The molecule has 0 saturated carbocycles. The van der Waals surface area contributed by atoms with Crippen LogP contribution in [0.25, 0.3) is 0 Å². The quantitative estimate of drug-likeness (QED) is 0.790. The van der Waals surface area contributed by atoms with Gasteiger partial charge in [-0.1, -0.05) is 60.7 Å². The number of nitrogens with one attached hydrogen (secondary N) is 1. The number of carbonyl (C=O) groups is 1. The molecule has 24 heavy (non-hydrogen) atoms. The number of hydrogen-bond donors (Lipinski definition) is 1. The van der Waals surface area contributed by atoms with E-state index >= 15 is 0 Å². The van der Waals surface area contributed by atoms with Crippen molar-refractivity contribution in [2.75, 3.05) is 6.54 Å². The summed E-state index contributed by atoms with van der Waals surface area (Å²) in [4.78, 5) is 14.3. The number of benzene rings is 2. The fraction of sp³-hybridized carbons (Fsp3) is 0.350. The van der Waals surface area contributed by atoms with E-state index in [2.05, 4.69) is 5.32 Å². The van der Waals surface area contributed by atoms with Crippen LogP contribution in [-0.4, -0.2) is 23.6 Å². The van der Waals surface area contributed by atoms with Crippen molar-refractivity contribution in [2.24, 2.45) is 5.92 Å². The number of nitrogens with zero attached hydrogens (tertiary/aromatic N) is 1. The Hall–Kier alpha value is -2.20. The molecule has 2 aromatic carbocycles. The molecule has 1 amide bonds. The van der Waals surface area contributed by atoms with E-state index in [0.717, 1.165) is 17.5 Å². The summed E-state index contributed by atoms with van der Waals surface area (Å²) < 4.78 is 14.2. The Bertz CT molecular complexity index is 647. The van der Waals surface area contributed by atoms with Gasteiger partial charge in [0.15, 0.2) is 6.30 Å². The van der Waals surface area contributed by atoms with Crippen LogP contribution in [0, 0.1) is 5.92 Å². The second-order valence-electron chi connectivity index (χ2n) is 6.30. The number of amides is 1. The summed E-state index contributed by atoms with van der Waals surface area (Å²) in [6.45, 7) is 1.81. The van der Waals surface area contributed by atoms with Gasteiger partial charge in [-0.15, -0.1) is 0 Å². The lowest BCUT2D eigenvalue weighted by Gasteiger charge is -2.18. The average molecular weight is 326 g/mol. The third-order valence-corrected chi connectivity index (χ3v) is 4.49. The van der Waals surface area contributed by atoms with Crippen LogP contribution >= 0.6 is 0 Å². The van der Waals surface area contributed by atoms with Gasteiger partial charge < -0.3 is 4.90 Å². The van der Waals surface area contributed by atoms with Crippen LogP contribution in [0.3, 0.4) is 0 Å². The standard InChI is InChI=1S/C20H23FN2O/c21-19(22-14-16-7-3-1-4-8-16)13-18-11-12-23(20(18)24)15-17-9-5-2-6-10-17/h1-10,18-19,22H,11-15H2. The second kappa shape index (κ2) is 8.06. The second-order valence-corrected chi connectivity index (χ2v) is 6.30. The molecule has 1 heterocycles. The number of halogens is 1. The van der Waals surface area contributed by atoms with Gasteiger partial charge >= 0.3 is 0 Å². The van der Waals surface area contributed by atoms with Crippen molar-refractivity contribution >= 4 is 5.91 Å². The minimum atomic E-state index is -1.16. The minimum Gasteiger partial charge on any atom is -0.338 e. The Morgan fingerprint density at radius 2 is 1.67 bits per heavy atom. The number of rotatable bonds is 7. The molecule has 0 spiro atoms. The van der Waals surface area contributed by atoms with Crippen molar-refractivity contribution in [3.63, 3.8) is 0 Å². The van der Waals surface area contributed by atoms with Crippen molar-refractivity contribution < 1.29 is 9.18 Å². The summed E-state index contributed by atoms with van der Waals surface area (Å²) in [7, 11) is 0. The lowest BCUT2D eigenvalue weighted by atomic mass is 10.0. The SMILES string of the molecule is O=C1C(CC(F)NCc2ccccc2)CCN1Cc1ccccc1. The lowest BCUT2D eigenvalue weighted by Crippen LogP contribution is -2.31. The summed E-state index contributed by atoms with van der Waals surface area (Å²) in [6.07, 6.45) is -0.174. The zero-order valence-electron chi connectivity index (χ0n) is 13.7. The predicted octanol–water partition coefficient (Wildman–Crippen LogP) is 3.51. The van der Waals surface area contributed by atoms with E-state index in [1.165, 1.54) is 0 Å². The van der Waals surface area contributed by atoms with Crippen molar-refractivity contribution in [3.05, 3.63) is 71.8 Å². The Kier molecular flexibility index (Phi) is 5.59. The van der Waals surface area contributed by atoms with Gasteiger partial charge in [-0.2, -0.15) is 0 Å². The van der Waals surface area contributed by atoms with Crippen LogP contribution in [0.15, 0.2) is 60.7 Å². The molecule has 3 rings (SSSR count). The lowest BCUT2D eigenvalue weighted by molar-refractivity contribution is -0.132. The number of hydrogen-bond acceptors (Lipinski definition) is 2. The fourth-order valence-electron chi connectivity index (χ4n) is 3.14. The van der Waals surface area contributed by atoms with E-state index in [-0.39, 0.29) is 18.2 Å². The summed E-state index contributed by atoms with van der Waals surface area (Å²) in [6, 6.07) is 19.7. The van der Waals surface area contributed by atoms with Crippen LogP contribution in [0.5, 0.6) is 0 Å². The monoisotopic (exact) mass is 326 g/mol. The summed E-state index contributed by atoms with van der Waals surface area (Å²) in [5.41, 5.74) is 2.16. The van der Waals surface area contributed by atoms with E-state index in [1.54, 1.807) is 0 Å². The molecule has 1 aliphatic rings.